The number of rotatable bonds is 5. The molecule has 3 aromatic carbocycles. The first-order valence-electron chi connectivity index (χ1n) is 12.8. The quantitative estimate of drug-likeness (QED) is 0.324. The van der Waals surface area contributed by atoms with Gasteiger partial charge in [0.05, 0.1) is 37.4 Å². The molecule has 0 amide bonds. The first-order valence-corrected chi connectivity index (χ1v) is 12.8. The summed E-state index contributed by atoms with van der Waals surface area (Å²) in [6, 6.07) is 11.0. The van der Waals surface area contributed by atoms with Gasteiger partial charge >= 0.3 is 5.97 Å². The van der Waals surface area contributed by atoms with Gasteiger partial charge in [0.1, 0.15) is 11.6 Å². The Hall–Kier alpha value is -3.55. The molecule has 0 aliphatic carbocycles. The van der Waals surface area contributed by atoms with Crippen LogP contribution in [0.1, 0.15) is 49.9 Å². The van der Waals surface area contributed by atoms with Crippen molar-refractivity contribution in [3.8, 4) is 16.9 Å². The summed E-state index contributed by atoms with van der Waals surface area (Å²) >= 11 is 0. The SMILES string of the molecule is CC(C)(C)O.CCOC(=O)Cc1c(C)cc2c(F)c(CO)ccc2c1-c1ccc2c3c(ccnc13)CCO2. The average molecular weight is 520 g/mol. The van der Waals surface area contributed by atoms with E-state index in [9.17, 15) is 9.90 Å². The highest BCUT2D eigenvalue weighted by Crippen LogP contribution is 2.43. The average Bonchev–Trinajstić information content (AvgIpc) is 2.85. The van der Waals surface area contributed by atoms with Crippen molar-refractivity contribution in [2.45, 2.75) is 59.7 Å². The number of nitrogens with zero attached hydrogens (tertiary/aromatic N) is 1. The Kier molecular flexibility index (Phi) is 7.99. The van der Waals surface area contributed by atoms with E-state index in [1.54, 1.807) is 52.1 Å². The maximum Gasteiger partial charge on any atom is 0.310 e. The number of esters is 1. The van der Waals surface area contributed by atoms with Crippen molar-refractivity contribution in [2.75, 3.05) is 13.2 Å². The number of ether oxygens (including phenoxy) is 2. The highest BCUT2D eigenvalue weighted by atomic mass is 19.1. The molecule has 0 atom stereocenters. The molecule has 38 heavy (non-hydrogen) atoms. The van der Waals surface area contributed by atoms with E-state index < -0.39 is 11.4 Å². The van der Waals surface area contributed by atoms with E-state index in [1.165, 1.54) is 0 Å². The minimum atomic E-state index is -0.500. The molecule has 2 N–H and O–H groups in total. The summed E-state index contributed by atoms with van der Waals surface area (Å²) < 4.78 is 26.4. The number of halogens is 1. The molecule has 0 fully saturated rings. The van der Waals surface area contributed by atoms with Crippen LogP contribution in [0.25, 0.3) is 32.8 Å². The predicted octanol–water partition coefficient (Wildman–Crippen LogP) is 5.81. The molecule has 1 aliphatic rings. The Morgan fingerprint density at radius 2 is 1.89 bits per heavy atom. The highest BCUT2D eigenvalue weighted by Gasteiger charge is 2.23. The molecule has 0 saturated carbocycles. The van der Waals surface area contributed by atoms with Gasteiger partial charge in [0.2, 0.25) is 0 Å². The zero-order valence-corrected chi connectivity index (χ0v) is 22.5. The van der Waals surface area contributed by atoms with Crippen molar-refractivity contribution < 1.29 is 28.9 Å². The van der Waals surface area contributed by atoms with Gasteiger partial charge in [-0.2, -0.15) is 0 Å². The van der Waals surface area contributed by atoms with E-state index in [-0.39, 0.29) is 31.2 Å². The Labute approximate surface area is 222 Å². The summed E-state index contributed by atoms with van der Waals surface area (Å²) in [7, 11) is 0. The van der Waals surface area contributed by atoms with Gasteiger partial charge in [0.15, 0.2) is 0 Å². The largest absolute Gasteiger partial charge is 0.493 e. The Morgan fingerprint density at radius 1 is 1.16 bits per heavy atom. The van der Waals surface area contributed by atoms with E-state index in [2.05, 4.69) is 4.98 Å². The number of aromatic nitrogens is 1. The van der Waals surface area contributed by atoms with Crippen LogP contribution in [0.3, 0.4) is 0 Å². The summed E-state index contributed by atoms with van der Waals surface area (Å²) in [4.78, 5) is 17.2. The van der Waals surface area contributed by atoms with Crippen LogP contribution in [0.4, 0.5) is 4.39 Å². The van der Waals surface area contributed by atoms with E-state index in [1.807, 2.05) is 25.1 Å². The molecule has 0 saturated heterocycles. The molecule has 4 aromatic rings. The standard InChI is InChI=1S/C27H24FNO4.C4H10O/c1-3-32-23(31)13-20-15(2)12-21-18(5-4-17(14-30)26(21)28)25(20)19-6-7-22-24-16(9-11-33-22)8-10-29-27(19)24;1-4(2,3)5/h4-8,10,12,30H,3,9,11,13-14H2,1-2H3;5H,1-3H3. The number of carbonyl (C=O) groups is 1. The van der Waals surface area contributed by atoms with Crippen molar-refractivity contribution in [1.29, 1.82) is 0 Å². The molecule has 1 aromatic heterocycles. The third-order valence-electron chi connectivity index (χ3n) is 6.30. The molecular formula is C31H34FNO5. The molecular weight excluding hydrogens is 485 g/mol. The van der Waals surface area contributed by atoms with Gasteiger partial charge in [0, 0.05) is 34.5 Å². The molecule has 0 bridgehead atoms. The molecule has 200 valence electrons. The van der Waals surface area contributed by atoms with Crippen LogP contribution in [-0.2, 0) is 29.0 Å². The summed E-state index contributed by atoms with van der Waals surface area (Å²) in [6.45, 7) is 9.38. The van der Waals surface area contributed by atoms with Crippen LogP contribution in [0.5, 0.6) is 5.75 Å². The van der Waals surface area contributed by atoms with Crippen molar-refractivity contribution in [2.24, 2.45) is 0 Å². The molecule has 0 unspecified atom stereocenters. The lowest BCUT2D eigenvalue weighted by Gasteiger charge is -2.22. The fraction of sp³-hybridized carbons (Fsp3) is 0.355. The second-order valence-electron chi connectivity index (χ2n) is 10.4. The van der Waals surface area contributed by atoms with E-state index in [0.717, 1.165) is 50.9 Å². The third kappa shape index (κ3) is 5.64. The Bertz CT molecular complexity index is 1490. The Balaban J connectivity index is 0.000000617. The second-order valence-corrected chi connectivity index (χ2v) is 10.4. The van der Waals surface area contributed by atoms with Crippen LogP contribution in [-0.4, -0.2) is 40.0 Å². The van der Waals surface area contributed by atoms with Crippen LogP contribution in [0, 0.1) is 12.7 Å². The number of aliphatic hydroxyl groups is 2. The third-order valence-corrected chi connectivity index (χ3v) is 6.30. The van der Waals surface area contributed by atoms with Crippen molar-refractivity contribution >= 4 is 27.6 Å². The lowest BCUT2D eigenvalue weighted by Crippen LogP contribution is -2.11. The molecule has 0 spiro atoms. The zero-order chi connectivity index (χ0) is 27.6. The molecule has 1 aliphatic heterocycles. The number of hydrogen-bond donors (Lipinski definition) is 2. The van der Waals surface area contributed by atoms with Crippen molar-refractivity contribution in [3.63, 3.8) is 0 Å². The molecule has 0 radical (unpaired) electrons. The molecule has 2 heterocycles. The normalized spacial score (nSPS) is 12.6. The number of aliphatic hydroxyl groups excluding tert-OH is 1. The predicted molar refractivity (Wildman–Crippen MR) is 147 cm³/mol. The maximum atomic E-state index is 15.3. The highest BCUT2D eigenvalue weighted by molar-refractivity contribution is 6.08. The monoisotopic (exact) mass is 519 g/mol. The van der Waals surface area contributed by atoms with Gasteiger partial charge in [0.25, 0.3) is 0 Å². The summed E-state index contributed by atoms with van der Waals surface area (Å²) in [5.74, 6) is -0.0190. The van der Waals surface area contributed by atoms with Crippen LogP contribution >= 0.6 is 0 Å². The fourth-order valence-corrected chi connectivity index (χ4v) is 4.78. The van der Waals surface area contributed by atoms with Crippen LogP contribution in [0.15, 0.2) is 42.6 Å². The van der Waals surface area contributed by atoms with Gasteiger partial charge in [-0.15, -0.1) is 0 Å². The lowest BCUT2D eigenvalue weighted by molar-refractivity contribution is -0.142. The number of fused-ring (bicyclic) bond motifs is 1. The number of carbonyl (C=O) groups excluding carboxylic acids is 1. The fourth-order valence-electron chi connectivity index (χ4n) is 4.78. The first kappa shape index (κ1) is 27.5. The Morgan fingerprint density at radius 3 is 2.58 bits per heavy atom. The summed E-state index contributed by atoms with van der Waals surface area (Å²) in [5.41, 5.74) is 4.75. The molecule has 6 nitrogen and oxygen atoms in total. The zero-order valence-electron chi connectivity index (χ0n) is 22.5. The van der Waals surface area contributed by atoms with E-state index in [4.69, 9.17) is 14.6 Å². The summed E-state index contributed by atoms with van der Waals surface area (Å²) in [6.07, 6.45) is 2.63. The number of hydrogen-bond acceptors (Lipinski definition) is 6. The topological polar surface area (TPSA) is 88.9 Å². The minimum absolute atomic E-state index is 0.0632. The van der Waals surface area contributed by atoms with E-state index >= 15 is 4.39 Å². The van der Waals surface area contributed by atoms with Gasteiger partial charge in [-0.1, -0.05) is 12.1 Å². The number of benzene rings is 3. The number of pyridine rings is 1. The summed E-state index contributed by atoms with van der Waals surface area (Å²) in [5, 5.41) is 20.1. The van der Waals surface area contributed by atoms with E-state index in [0.29, 0.717) is 17.4 Å². The van der Waals surface area contributed by atoms with Gasteiger partial charge in [-0.3, -0.25) is 9.78 Å². The molecule has 5 rings (SSSR count). The lowest BCUT2D eigenvalue weighted by atomic mass is 9.86. The molecule has 7 heteroatoms. The van der Waals surface area contributed by atoms with Crippen LogP contribution < -0.4 is 4.74 Å². The minimum Gasteiger partial charge on any atom is -0.493 e. The number of aryl methyl sites for hydroxylation is 1. The van der Waals surface area contributed by atoms with Crippen molar-refractivity contribution in [3.05, 3.63) is 70.7 Å². The van der Waals surface area contributed by atoms with Gasteiger partial charge in [-0.25, -0.2) is 4.39 Å². The van der Waals surface area contributed by atoms with Crippen molar-refractivity contribution in [1.82, 2.24) is 4.98 Å². The first-order chi connectivity index (χ1) is 18.0. The second kappa shape index (κ2) is 11.1. The smallest absolute Gasteiger partial charge is 0.310 e. The van der Waals surface area contributed by atoms with Gasteiger partial charge in [-0.05, 0) is 86.5 Å². The maximum absolute atomic E-state index is 15.3. The van der Waals surface area contributed by atoms with Crippen LogP contribution in [0.2, 0.25) is 0 Å². The van der Waals surface area contributed by atoms with Gasteiger partial charge < -0.3 is 19.7 Å².